The van der Waals surface area contributed by atoms with Crippen LogP contribution in [-0.4, -0.2) is 36.0 Å². The standard InChI is InChI=1S/C26H24N2O5/c1-15-8-9-16(2)18(14-15)28-23(17-10-12-27-13-11-17)22(25(30)26(28)31)24(29)21-19(32-3)6-5-7-20(21)33-4/h5-14,23,29H,1-4H3/b24-22+. The first-order chi connectivity index (χ1) is 15.9. The van der Waals surface area contributed by atoms with Gasteiger partial charge in [-0.15, -0.1) is 0 Å². The number of pyridine rings is 1. The van der Waals surface area contributed by atoms with Crippen LogP contribution in [-0.2, 0) is 9.59 Å². The summed E-state index contributed by atoms with van der Waals surface area (Å²) in [6.45, 7) is 3.79. The molecule has 1 fully saturated rings. The van der Waals surface area contributed by atoms with Crippen LogP contribution in [0.25, 0.3) is 5.76 Å². The van der Waals surface area contributed by atoms with E-state index in [-0.39, 0.29) is 16.9 Å². The van der Waals surface area contributed by atoms with Gasteiger partial charge < -0.3 is 14.6 Å². The number of aromatic nitrogens is 1. The Bertz CT molecular complexity index is 1240. The molecular weight excluding hydrogens is 420 g/mol. The van der Waals surface area contributed by atoms with Crippen LogP contribution in [0.5, 0.6) is 11.5 Å². The van der Waals surface area contributed by atoms with Gasteiger partial charge in [-0.05, 0) is 60.9 Å². The van der Waals surface area contributed by atoms with Crippen molar-refractivity contribution in [2.75, 3.05) is 19.1 Å². The number of rotatable bonds is 5. The summed E-state index contributed by atoms with van der Waals surface area (Å²) in [5.41, 5.74) is 3.18. The zero-order valence-corrected chi connectivity index (χ0v) is 18.8. The molecular formula is C26H24N2O5. The highest BCUT2D eigenvalue weighted by molar-refractivity contribution is 6.51. The van der Waals surface area contributed by atoms with Crippen molar-refractivity contribution in [3.05, 3.63) is 88.8 Å². The summed E-state index contributed by atoms with van der Waals surface area (Å²) in [5.74, 6) is -1.24. The van der Waals surface area contributed by atoms with Crippen molar-refractivity contribution in [3.63, 3.8) is 0 Å². The topological polar surface area (TPSA) is 89.0 Å². The van der Waals surface area contributed by atoms with Crippen LogP contribution in [0.1, 0.15) is 28.3 Å². The lowest BCUT2D eigenvalue weighted by Gasteiger charge is -2.27. The van der Waals surface area contributed by atoms with Crippen molar-refractivity contribution in [1.82, 2.24) is 4.98 Å². The van der Waals surface area contributed by atoms with Gasteiger partial charge in [-0.25, -0.2) is 0 Å². The number of ketones is 1. The molecule has 0 spiro atoms. The highest BCUT2D eigenvalue weighted by Crippen LogP contribution is 2.45. The number of Topliss-reactive ketones (excluding diaryl/α,β-unsaturated/α-hetero) is 1. The molecule has 168 valence electrons. The van der Waals surface area contributed by atoms with E-state index in [1.165, 1.54) is 19.1 Å². The van der Waals surface area contributed by atoms with Gasteiger partial charge in [0.1, 0.15) is 22.8 Å². The lowest BCUT2D eigenvalue weighted by Crippen LogP contribution is -2.30. The molecule has 0 saturated carbocycles. The van der Waals surface area contributed by atoms with Crippen molar-refractivity contribution >= 4 is 23.1 Å². The smallest absolute Gasteiger partial charge is 0.300 e. The van der Waals surface area contributed by atoms with Crippen LogP contribution < -0.4 is 14.4 Å². The van der Waals surface area contributed by atoms with E-state index < -0.39 is 17.7 Å². The Labute approximate surface area is 191 Å². The van der Waals surface area contributed by atoms with E-state index in [9.17, 15) is 14.7 Å². The number of carbonyl (C=O) groups is 2. The maximum absolute atomic E-state index is 13.4. The molecule has 0 aliphatic carbocycles. The number of hydrogen-bond donors (Lipinski definition) is 1. The molecule has 7 heteroatoms. The van der Waals surface area contributed by atoms with E-state index in [4.69, 9.17) is 9.47 Å². The fourth-order valence-corrected chi connectivity index (χ4v) is 4.14. The number of aliphatic hydroxyl groups is 1. The number of ether oxygens (including phenoxy) is 2. The average molecular weight is 444 g/mol. The largest absolute Gasteiger partial charge is 0.506 e. The van der Waals surface area contributed by atoms with Gasteiger partial charge in [0.2, 0.25) is 0 Å². The zero-order valence-electron chi connectivity index (χ0n) is 18.8. The minimum Gasteiger partial charge on any atom is -0.506 e. The van der Waals surface area contributed by atoms with Crippen molar-refractivity contribution in [3.8, 4) is 11.5 Å². The SMILES string of the molecule is COc1cccc(OC)c1/C(O)=C1\C(=O)C(=O)N(c2cc(C)ccc2C)C1c1ccncc1. The molecule has 1 amide bonds. The number of nitrogens with zero attached hydrogens (tertiary/aromatic N) is 2. The number of methoxy groups -OCH3 is 2. The molecule has 3 aromatic rings. The Balaban J connectivity index is 2.03. The summed E-state index contributed by atoms with van der Waals surface area (Å²) in [7, 11) is 2.92. The Morgan fingerprint density at radius 1 is 0.970 bits per heavy atom. The Morgan fingerprint density at radius 3 is 2.21 bits per heavy atom. The summed E-state index contributed by atoms with van der Waals surface area (Å²) in [6.07, 6.45) is 3.17. The van der Waals surface area contributed by atoms with Gasteiger partial charge in [-0.1, -0.05) is 18.2 Å². The third-order valence-electron chi connectivity index (χ3n) is 5.76. The first-order valence-electron chi connectivity index (χ1n) is 10.4. The highest BCUT2D eigenvalue weighted by atomic mass is 16.5. The number of aryl methyl sites for hydroxylation is 2. The van der Waals surface area contributed by atoms with E-state index in [1.807, 2.05) is 32.0 Å². The fourth-order valence-electron chi connectivity index (χ4n) is 4.14. The van der Waals surface area contributed by atoms with Gasteiger partial charge in [0.15, 0.2) is 0 Å². The molecule has 1 saturated heterocycles. The van der Waals surface area contributed by atoms with Gasteiger partial charge >= 0.3 is 0 Å². The predicted octanol–water partition coefficient (Wildman–Crippen LogP) is 4.34. The van der Waals surface area contributed by atoms with Crippen molar-refractivity contribution in [2.45, 2.75) is 19.9 Å². The number of amides is 1. The monoisotopic (exact) mass is 444 g/mol. The quantitative estimate of drug-likeness (QED) is 0.358. The van der Waals surface area contributed by atoms with Crippen molar-refractivity contribution in [1.29, 1.82) is 0 Å². The number of benzene rings is 2. The lowest BCUT2D eigenvalue weighted by molar-refractivity contribution is -0.132. The van der Waals surface area contributed by atoms with Crippen molar-refractivity contribution < 1.29 is 24.2 Å². The molecule has 1 N–H and O–H groups in total. The number of anilines is 1. The summed E-state index contributed by atoms with van der Waals surface area (Å²) >= 11 is 0. The minimum atomic E-state index is -0.858. The molecule has 0 bridgehead atoms. The van der Waals surface area contributed by atoms with Crippen LogP contribution in [0.4, 0.5) is 5.69 Å². The van der Waals surface area contributed by atoms with E-state index in [1.54, 1.807) is 42.7 Å². The van der Waals surface area contributed by atoms with Crippen LogP contribution in [0.15, 0.2) is 66.5 Å². The van der Waals surface area contributed by atoms with E-state index in [2.05, 4.69) is 4.98 Å². The van der Waals surface area contributed by atoms with Crippen LogP contribution >= 0.6 is 0 Å². The summed E-state index contributed by atoms with van der Waals surface area (Å²) < 4.78 is 10.8. The first kappa shape index (κ1) is 22.1. The predicted molar refractivity (Wildman–Crippen MR) is 124 cm³/mol. The van der Waals surface area contributed by atoms with Gasteiger partial charge in [0.05, 0.1) is 25.8 Å². The molecule has 0 radical (unpaired) electrons. The first-order valence-corrected chi connectivity index (χ1v) is 10.4. The molecule has 1 aliphatic rings. The van der Waals surface area contributed by atoms with Crippen LogP contribution in [0.3, 0.4) is 0 Å². The molecule has 2 heterocycles. The summed E-state index contributed by atoms with van der Waals surface area (Å²) in [6, 6.07) is 13.3. The molecule has 4 rings (SSSR count). The van der Waals surface area contributed by atoms with E-state index in [0.29, 0.717) is 22.7 Å². The maximum atomic E-state index is 13.4. The molecule has 1 unspecified atom stereocenters. The lowest BCUT2D eigenvalue weighted by atomic mass is 9.94. The normalized spacial score (nSPS) is 17.3. The fraction of sp³-hybridized carbons (Fsp3) is 0.192. The van der Waals surface area contributed by atoms with Gasteiger partial charge in [0, 0.05) is 18.1 Å². The molecule has 33 heavy (non-hydrogen) atoms. The second-order valence-electron chi connectivity index (χ2n) is 7.78. The maximum Gasteiger partial charge on any atom is 0.300 e. The molecule has 1 aromatic heterocycles. The number of aliphatic hydroxyl groups excluding tert-OH is 1. The zero-order chi connectivity index (χ0) is 23.7. The summed E-state index contributed by atoms with van der Waals surface area (Å²) in [5, 5.41) is 11.5. The second kappa shape index (κ2) is 8.78. The molecule has 7 nitrogen and oxygen atoms in total. The minimum absolute atomic E-state index is 0.0464. The van der Waals surface area contributed by atoms with E-state index >= 15 is 0 Å². The number of carbonyl (C=O) groups excluding carboxylic acids is 2. The van der Waals surface area contributed by atoms with E-state index in [0.717, 1.165) is 11.1 Å². The van der Waals surface area contributed by atoms with Gasteiger partial charge in [0.25, 0.3) is 11.7 Å². The summed E-state index contributed by atoms with van der Waals surface area (Å²) in [4.78, 5) is 32.2. The van der Waals surface area contributed by atoms with Gasteiger partial charge in [-0.3, -0.25) is 19.5 Å². The Kier molecular flexibility index (Phi) is 5.87. The van der Waals surface area contributed by atoms with Gasteiger partial charge in [-0.2, -0.15) is 0 Å². The Morgan fingerprint density at radius 2 is 1.61 bits per heavy atom. The van der Waals surface area contributed by atoms with Crippen LogP contribution in [0.2, 0.25) is 0 Å². The Hall–Kier alpha value is -4.13. The third-order valence-corrected chi connectivity index (χ3v) is 5.76. The highest BCUT2D eigenvalue weighted by Gasteiger charge is 2.47. The van der Waals surface area contributed by atoms with Crippen LogP contribution in [0, 0.1) is 13.8 Å². The average Bonchev–Trinajstić information content (AvgIpc) is 3.10. The third kappa shape index (κ3) is 3.71. The number of hydrogen-bond acceptors (Lipinski definition) is 6. The second-order valence-corrected chi connectivity index (χ2v) is 7.78. The molecule has 2 aromatic carbocycles. The molecule has 1 aliphatic heterocycles. The molecule has 1 atom stereocenters. The van der Waals surface area contributed by atoms with Crippen molar-refractivity contribution in [2.24, 2.45) is 0 Å².